The Morgan fingerprint density at radius 2 is 1.70 bits per heavy atom. The van der Waals surface area contributed by atoms with Gasteiger partial charge in [-0.3, -0.25) is 0 Å². The van der Waals surface area contributed by atoms with Gasteiger partial charge in [-0.15, -0.1) is 0 Å². The van der Waals surface area contributed by atoms with Gasteiger partial charge in [0.25, 0.3) is 0 Å². The van der Waals surface area contributed by atoms with Crippen molar-refractivity contribution in [3.05, 3.63) is 69.2 Å². The van der Waals surface area contributed by atoms with Crippen molar-refractivity contribution in [2.75, 3.05) is 0 Å². The summed E-state index contributed by atoms with van der Waals surface area (Å²) < 4.78 is 1.07. The Labute approximate surface area is 128 Å². The number of aliphatic hydroxyl groups is 1. The molecule has 104 valence electrons. The van der Waals surface area contributed by atoms with Crippen LogP contribution in [0.1, 0.15) is 28.7 Å². The fourth-order valence-electron chi connectivity index (χ4n) is 3.03. The monoisotopic (exact) mass is 330 g/mol. The van der Waals surface area contributed by atoms with E-state index in [9.17, 15) is 5.11 Å². The van der Waals surface area contributed by atoms with Crippen molar-refractivity contribution in [3.8, 4) is 0 Å². The lowest BCUT2D eigenvalue weighted by molar-refractivity contribution is 0.175. The standard InChI is InChI=1S/C18H19BrO/c19-17-6-1-3-13(10-17)11-18(20)12-14-7-8-15-4-2-5-16(15)9-14/h1,3,6-10,18,20H,2,4-5,11-12H2. The molecule has 1 aliphatic carbocycles. The van der Waals surface area contributed by atoms with Crippen molar-refractivity contribution in [2.45, 2.75) is 38.2 Å². The molecule has 1 atom stereocenters. The lowest BCUT2D eigenvalue weighted by Crippen LogP contribution is -2.14. The molecule has 0 spiro atoms. The second-order valence-corrected chi connectivity index (χ2v) is 6.56. The molecule has 0 aromatic heterocycles. The molecule has 1 N–H and O–H groups in total. The van der Waals surface area contributed by atoms with Crippen LogP contribution in [0.3, 0.4) is 0 Å². The van der Waals surface area contributed by atoms with Gasteiger partial charge in [-0.2, -0.15) is 0 Å². The van der Waals surface area contributed by atoms with E-state index in [1.54, 1.807) is 0 Å². The molecule has 0 radical (unpaired) electrons. The maximum Gasteiger partial charge on any atom is 0.0620 e. The highest BCUT2D eigenvalue weighted by molar-refractivity contribution is 9.10. The summed E-state index contributed by atoms with van der Waals surface area (Å²) in [6.07, 6.45) is 4.82. The zero-order valence-electron chi connectivity index (χ0n) is 11.5. The summed E-state index contributed by atoms with van der Waals surface area (Å²) in [6, 6.07) is 14.9. The van der Waals surface area contributed by atoms with E-state index in [4.69, 9.17) is 0 Å². The molecule has 0 saturated heterocycles. The fraction of sp³-hybridized carbons (Fsp3) is 0.333. The molecule has 2 aromatic carbocycles. The van der Waals surface area contributed by atoms with Crippen molar-refractivity contribution in [2.24, 2.45) is 0 Å². The van der Waals surface area contributed by atoms with Gasteiger partial charge in [-0.1, -0.05) is 46.3 Å². The van der Waals surface area contributed by atoms with E-state index in [0.29, 0.717) is 6.42 Å². The Hall–Kier alpha value is -1.12. The third-order valence-corrected chi connectivity index (χ3v) is 4.49. The molecule has 0 bridgehead atoms. The van der Waals surface area contributed by atoms with Crippen LogP contribution in [0.4, 0.5) is 0 Å². The molecule has 1 nitrogen and oxygen atoms in total. The van der Waals surface area contributed by atoms with E-state index in [1.807, 2.05) is 12.1 Å². The molecule has 2 heteroatoms. The number of rotatable bonds is 4. The van der Waals surface area contributed by atoms with E-state index in [0.717, 1.165) is 10.9 Å². The van der Waals surface area contributed by atoms with Crippen LogP contribution in [0.5, 0.6) is 0 Å². The van der Waals surface area contributed by atoms with Crippen LogP contribution >= 0.6 is 15.9 Å². The summed E-state index contributed by atoms with van der Waals surface area (Å²) in [6.45, 7) is 0. The highest BCUT2D eigenvalue weighted by Crippen LogP contribution is 2.23. The summed E-state index contributed by atoms with van der Waals surface area (Å²) in [7, 11) is 0. The van der Waals surface area contributed by atoms with Gasteiger partial charge in [0.1, 0.15) is 0 Å². The van der Waals surface area contributed by atoms with Gasteiger partial charge in [0.2, 0.25) is 0 Å². The quantitative estimate of drug-likeness (QED) is 0.895. The van der Waals surface area contributed by atoms with Gasteiger partial charge in [0.15, 0.2) is 0 Å². The highest BCUT2D eigenvalue weighted by atomic mass is 79.9. The Morgan fingerprint density at radius 1 is 0.950 bits per heavy atom. The molecule has 3 rings (SSSR count). The molecule has 0 fully saturated rings. The Bertz CT molecular complexity index is 606. The van der Waals surface area contributed by atoms with Gasteiger partial charge in [-0.05, 0) is 66.5 Å². The van der Waals surface area contributed by atoms with E-state index in [1.165, 1.54) is 41.5 Å². The number of aliphatic hydroxyl groups excluding tert-OH is 1. The van der Waals surface area contributed by atoms with Gasteiger partial charge in [-0.25, -0.2) is 0 Å². The van der Waals surface area contributed by atoms with E-state index < -0.39 is 0 Å². The smallest absolute Gasteiger partial charge is 0.0620 e. The van der Waals surface area contributed by atoms with Gasteiger partial charge < -0.3 is 5.11 Å². The second-order valence-electron chi connectivity index (χ2n) is 5.65. The minimum absolute atomic E-state index is 0.316. The lowest BCUT2D eigenvalue weighted by Gasteiger charge is -2.12. The predicted molar refractivity (Wildman–Crippen MR) is 86.0 cm³/mol. The third kappa shape index (κ3) is 3.31. The minimum atomic E-state index is -0.316. The van der Waals surface area contributed by atoms with Crippen molar-refractivity contribution < 1.29 is 5.11 Å². The summed E-state index contributed by atoms with van der Waals surface area (Å²) >= 11 is 3.47. The summed E-state index contributed by atoms with van der Waals surface area (Å²) in [5.74, 6) is 0. The highest BCUT2D eigenvalue weighted by Gasteiger charge is 2.13. The summed E-state index contributed by atoms with van der Waals surface area (Å²) in [4.78, 5) is 0. The van der Waals surface area contributed by atoms with Crippen molar-refractivity contribution in [3.63, 3.8) is 0 Å². The predicted octanol–water partition coefficient (Wildman–Crippen LogP) is 4.08. The normalized spacial score (nSPS) is 15.1. The molecule has 2 aromatic rings. The van der Waals surface area contributed by atoms with Crippen LogP contribution < -0.4 is 0 Å². The van der Waals surface area contributed by atoms with E-state index >= 15 is 0 Å². The SMILES string of the molecule is OC(Cc1cccc(Br)c1)Cc1ccc2c(c1)CCC2. The number of fused-ring (bicyclic) bond motifs is 1. The first kappa shape index (κ1) is 13.8. The maximum atomic E-state index is 10.3. The van der Waals surface area contributed by atoms with Gasteiger partial charge in [0.05, 0.1) is 6.10 Å². The van der Waals surface area contributed by atoms with Crippen LogP contribution in [-0.4, -0.2) is 11.2 Å². The average Bonchev–Trinajstić information content (AvgIpc) is 2.86. The number of halogens is 1. The molecule has 0 amide bonds. The van der Waals surface area contributed by atoms with Crippen molar-refractivity contribution in [1.29, 1.82) is 0 Å². The van der Waals surface area contributed by atoms with Crippen LogP contribution in [0.15, 0.2) is 46.9 Å². The number of aryl methyl sites for hydroxylation is 2. The number of hydrogen-bond acceptors (Lipinski definition) is 1. The Morgan fingerprint density at radius 3 is 2.50 bits per heavy atom. The lowest BCUT2D eigenvalue weighted by atomic mass is 9.98. The van der Waals surface area contributed by atoms with Gasteiger partial charge in [0, 0.05) is 4.47 Å². The topological polar surface area (TPSA) is 20.2 Å². The van der Waals surface area contributed by atoms with Crippen molar-refractivity contribution >= 4 is 15.9 Å². The Kier molecular flexibility index (Phi) is 4.23. The molecule has 20 heavy (non-hydrogen) atoms. The van der Waals surface area contributed by atoms with Crippen LogP contribution in [0, 0.1) is 0 Å². The molecule has 0 heterocycles. The zero-order chi connectivity index (χ0) is 13.9. The molecule has 1 unspecified atom stereocenters. The van der Waals surface area contributed by atoms with E-state index in [2.05, 4.69) is 46.3 Å². The summed E-state index contributed by atoms with van der Waals surface area (Å²) in [5.41, 5.74) is 5.41. The number of benzene rings is 2. The third-order valence-electron chi connectivity index (χ3n) is 3.99. The molecule has 1 aliphatic rings. The van der Waals surface area contributed by atoms with Crippen molar-refractivity contribution in [1.82, 2.24) is 0 Å². The van der Waals surface area contributed by atoms with Crippen LogP contribution in [-0.2, 0) is 25.7 Å². The van der Waals surface area contributed by atoms with E-state index in [-0.39, 0.29) is 6.10 Å². The summed E-state index contributed by atoms with van der Waals surface area (Å²) in [5, 5.41) is 10.3. The van der Waals surface area contributed by atoms with Crippen LogP contribution in [0.25, 0.3) is 0 Å². The first-order valence-electron chi connectivity index (χ1n) is 7.24. The average molecular weight is 331 g/mol. The largest absolute Gasteiger partial charge is 0.392 e. The molecular weight excluding hydrogens is 312 g/mol. The molecular formula is C18H19BrO. The number of hydrogen-bond donors (Lipinski definition) is 1. The molecule has 0 aliphatic heterocycles. The molecule has 0 saturated carbocycles. The van der Waals surface area contributed by atoms with Gasteiger partial charge >= 0.3 is 0 Å². The zero-order valence-corrected chi connectivity index (χ0v) is 13.1. The van der Waals surface area contributed by atoms with Crippen LogP contribution in [0.2, 0.25) is 0 Å². The fourth-order valence-corrected chi connectivity index (χ4v) is 3.48. The minimum Gasteiger partial charge on any atom is -0.392 e. The Balaban J connectivity index is 1.65. The first-order chi connectivity index (χ1) is 9.70. The second kappa shape index (κ2) is 6.11. The first-order valence-corrected chi connectivity index (χ1v) is 8.03. The maximum absolute atomic E-state index is 10.3.